The molecule has 31 heavy (non-hydrogen) atoms. The van der Waals surface area contributed by atoms with E-state index in [4.69, 9.17) is 9.47 Å². The Hall–Kier alpha value is -3.04. The second-order valence-electron chi connectivity index (χ2n) is 8.34. The van der Waals surface area contributed by atoms with Crippen LogP contribution in [0.4, 0.5) is 0 Å². The Labute approximate surface area is 186 Å². The second kappa shape index (κ2) is 8.60. The lowest BCUT2D eigenvalue weighted by molar-refractivity contribution is -0.149. The quantitative estimate of drug-likeness (QED) is 0.445. The summed E-state index contributed by atoms with van der Waals surface area (Å²) >= 11 is 1.32. The van der Waals surface area contributed by atoms with Gasteiger partial charge in [-0.05, 0) is 42.0 Å². The van der Waals surface area contributed by atoms with Gasteiger partial charge in [-0.15, -0.1) is 0 Å². The van der Waals surface area contributed by atoms with Gasteiger partial charge in [0.15, 0.2) is 0 Å². The van der Waals surface area contributed by atoms with Crippen molar-refractivity contribution in [1.82, 2.24) is 0 Å². The lowest BCUT2D eigenvalue weighted by Gasteiger charge is -2.13. The Morgan fingerprint density at radius 2 is 1.94 bits per heavy atom. The van der Waals surface area contributed by atoms with Crippen molar-refractivity contribution in [1.29, 1.82) is 5.26 Å². The fourth-order valence-corrected chi connectivity index (χ4v) is 4.84. The molecule has 2 aromatic carbocycles. The number of carbonyl (C=O) groups is 2. The Morgan fingerprint density at radius 1 is 1.19 bits per heavy atom. The van der Waals surface area contributed by atoms with Gasteiger partial charge >= 0.3 is 5.97 Å². The van der Waals surface area contributed by atoms with E-state index >= 15 is 0 Å². The first-order valence-electron chi connectivity index (χ1n) is 10.2. The highest BCUT2D eigenvalue weighted by Gasteiger charge is 2.62. The van der Waals surface area contributed by atoms with Crippen molar-refractivity contribution in [2.75, 3.05) is 5.75 Å². The van der Waals surface area contributed by atoms with Gasteiger partial charge in [0, 0.05) is 16.9 Å². The van der Waals surface area contributed by atoms with Crippen molar-refractivity contribution >= 4 is 22.8 Å². The monoisotopic (exact) mass is 433 g/mol. The van der Waals surface area contributed by atoms with Crippen LogP contribution >= 0.6 is 11.8 Å². The first-order chi connectivity index (χ1) is 14.9. The maximum atomic E-state index is 12.9. The number of rotatable bonds is 6. The van der Waals surface area contributed by atoms with Crippen molar-refractivity contribution in [3.8, 4) is 17.6 Å². The van der Waals surface area contributed by atoms with E-state index in [0.717, 1.165) is 17.7 Å². The number of esters is 1. The average molecular weight is 434 g/mol. The van der Waals surface area contributed by atoms with E-state index in [-0.39, 0.29) is 22.4 Å². The predicted molar refractivity (Wildman–Crippen MR) is 118 cm³/mol. The summed E-state index contributed by atoms with van der Waals surface area (Å²) in [7, 11) is 0. The predicted octanol–water partition coefficient (Wildman–Crippen LogP) is 5.45. The molecule has 1 aliphatic heterocycles. The summed E-state index contributed by atoms with van der Waals surface area (Å²) < 4.78 is 11.4. The van der Waals surface area contributed by atoms with E-state index in [2.05, 4.69) is 6.07 Å². The van der Waals surface area contributed by atoms with Crippen molar-refractivity contribution in [2.24, 2.45) is 17.3 Å². The molecule has 1 saturated carbocycles. The molecule has 1 aliphatic carbocycles. The van der Waals surface area contributed by atoms with Crippen molar-refractivity contribution < 1.29 is 19.1 Å². The molecule has 0 radical (unpaired) electrons. The van der Waals surface area contributed by atoms with Gasteiger partial charge in [-0.2, -0.15) is 5.26 Å². The average Bonchev–Trinajstić information content (AvgIpc) is 3.06. The number of thioether (sulfide) groups is 1. The van der Waals surface area contributed by atoms with Crippen LogP contribution in [0.2, 0.25) is 0 Å². The Morgan fingerprint density at radius 3 is 2.61 bits per heavy atom. The number of carbonyl (C=O) groups excluding carboxylic acids is 2. The number of ether oxygens (including phenoxy) is 2. The lowest BCUT2D eigenvalue weighted by Crippen LogP contribution is -2.14. The van der Waals surface area contributed by atoms with E-state index in [0.29, 0.717) is 17.1 Å². The van der Waals surface area contributed by atoms with Gasteiger partial charge in [0.05, 0.1) is 5.92 Å². The van der Waals surface area contributed by atoms with Gasteiger partial charge in [0.1, 0.15) is 17.6 Å². The summed E-state index contributed by atoms with van der Waals surface area (Å²) in [5.41, 5.74) is 1.05. The normalized spacial score (nSPS) is 23.8. The fourth-order valence-electron chi connectivity index (χ4n) is 3.98. The maximum absolute atomic E-state index is 12.9. The summed E-state index contributed by atoms with van der Waals surface area (Å²) in [6.45, 7) is 3.98. The number of nitrogens with zero attached hydrogens (tertiary/aromatic N) is 1. The molecule has 1 heterocycles. The van der Waals surface area contributed by atoms with Gasteiger partial charge < -0.3 is 9.47 Å². The number of nitriles is 1. The number of benzene rings is 2. The highest BCUT2D eigenvalue weighted by molar-refractivity contribution is 8.14. The minimum Gasteiger partial charge on any atom is -0.457 e. The van der Waals surface area contributed by atoms with Crippen molar-refractivity contribution in [3.05, 3.63) is 71.8 Å². The van der Waals surface area contributed by atoms with Gasteiger partial charge in [-0.1, -0.05) is 62.0 Å². The number of allylic oxidation sites excluding steroid dienone is 1. The van der Waals surface area contributed by atoms with E-state index in [9.17, 15) is 14.9 Å². The van der Waals surface area contributed by atoms with Crippen molar-refractivity contribution in [2.45, 2.75) is 26.4 Å². The number of para-hydroxylation sites is 1. The number of hydrogen-bond donors (Lipinski definition) is 0. The van der Waals surface area contributed by atoms with Crippen LogP contribution in [0.1, 0.15) is 31.9 Å². The first kappa shape index (κ1) is 21.2. The standard InChI is InChI=1S/C25H23NO4S/c1-25(2)20(14-17-11-12-31-24(17)28)22(25)23(27)30-21(15-26)16-7-6-10-19(13-16)29-18-8-4-3-5-9-18/h3-10,13-14,20-22H,11-12H2,1-2H3/b17-14+/t20-,21?,22-/m0/s1. The molecule has 2 fully saturated rings. The van der Waals surface area contributed by atoms with Gasteiger partial charge in [0.2, 0.25) is 11.2 Å². The molecule has 5 nitrogen and oxygen atoms in total. The zero-order valence-electron chi connectivity index (χ0n) is 17.4. The summed E-state index contributed by atoms with van der Waals surface area (Å²) in [6, 6.07) is 18.4. The minimum atomic E-state index is -1.03. The molecule has 1 saturated heterocycles. The van der Waals surface area contributed by atoms with E-state index in [1.807, 2.05) is 50.3 Å². The molecule has 0 aromatic heterocycles. The highest BCUT2D eigenvalue weighted by atomic mass is 32.2. The first-order valence-corrected chi connectivity index (χ1v) is 11.2. The SMILES string of the molecule is CC1(C)[C@H](C(=O)OC(C#N)c2cccc(Oc3ccccc3)c2)[C@@H]1/C=C1\CCSC1=O. The molecular weight excluding hydrogens is 410 g/mol. The molecule has 4 rings (SSSR count). The van der Waals surface area contributed by atoms with Gasteiger partial charge in [-0.3, -0.25) is 9.59 Å². The second-order valence-corrected chi connectivity index (χ2v) is 9.40. The van der Waals surface area contributed by atoms with E-state index in [1.165, 1.54) is 11.8 Å². The molecule has 1 unspecified atom stereocenters. The molecule has 0 amide bonds. The van der Waals surface area contributed by atoms with Gasteiger partial charge in [0.25, 0.3) is 0 Å². The van der Waals surface area contributed by atoms with Crippen LogP contribution in [-0.2, 0) is 14.3 Å². The lowest BCUT2D eigenvalue weighted by atomic mass is 10.1. The summed E-state index contributed by atoms with van der Waals surface area (Å²) in [6.07, 6.45) is 1.65. The van der Waals surface area contributed by atoms with E-state index in [1.54, 1.807) is 24.3 Å². The van der Waals surface area contributed by atoms with Crippen LogP contribution in [-0.4, -0.2) is 16.8 Å². The van der Waals surface area contributed by atoms with Crippen LogP contribution in [0, 0.1) is 28.6 Å². The molecule has 0 bridgehead atoms. The molecule has 3 atom stereocenters. The molecular formula is C25H23NO4S. The summed E-state index contributed by atoms with van der Waals surface area (Å²) in [5, 5.41) is 9.74. The third-order valence-electron chi connectivity index (χ3n) is 5.90. The highest BCUT2D eigenvalue weighted by Crippen LogP contribution is 2.60. The Bertz CT molecular complexity index is 1070. The number of hydrogen-bond acceptors (Lipinski definition) is 6. The molecule has 6 heteroatoms. The molecule has 158 valence electrons. The van der Waals surface area contributed by atoms with Gasteiger partial charge in [-0.25, -0.2) is 0 Å². The fraction of sp³-hybridized carbons (Fsp3) is 0.320. The van der Waals surface area contributed by atoms with Crippen LogP contribution in [0.25, 0.3) is 0 Å². The Balaban J connectivity index is 1.46. The van der Waals surface area contributed by atoms with Crippen LogP contribution < -0.4 is 4.74 Å². The Kier molecular flexibility index (Phi) is 5.88. The topological polar surface area (TPSA) is 76.4 Å². The minimum absolute atomic E-state index is 0.0512. The largest absolute Gasteiger partial charge is 0.457 e. The summed E-state index contributed by atoms with van der Waals surface area (Å²) in [5.74, 6) is 1.21. The van der Waals surface area contributed by atoms with Crippen LogP contribution in [0.3, 0.4) is 0 Å². The van der Waals surface area contributed by atoms with E-state index < -0.39 is 12.1 Å². The molecule has 0 spiro atoms. The van der Waals surface area contributed by atoms with Crippen LogP contribution in [0.5, 0.6) is 11.5 Å². The third kappa shape index (κ3) is 4.52. The molecule has 2 aliphatic rings. The van der Waals surface area contributed by atoms with Crippen LogP contribution in [0.15, 0.2) is 66.2 Å². The molecule has 0 N–H and O–H groups in total. The third-order valence-corrected chi connectivity index (χ3v) is 6.84. The molecule has 2 aromatic rings. The zero-order valence-corrected chi connectivity index (χ0v) is 18.2. The smallest absolute Gasteiger partial charge is 0.311 e. The zero-order chi connectivity index (χ0) is 22.0. The maximum Gasteiger partial charge on any atom is 0.311 e. The van der Waals surface area contributed by atoms with Crippen molar-refractivity contribution in [3.63, 3.8) is 0 Å². The summed E-state index contributed by atoms with van der Waals surface area (Å²) in [4.78, 5) is 24.8.